The first kappa shape index (κ1) is 12.2. The molecule has 16 heavy (non-hydrogen) atoms. The smallest absolute Gasteiger partial charge is 0.377 e. The van der Waals surface area contributed by atoms with Crippen LogP contribution < -0.4 is 4.74 Å². The van der Waals surface area contributed by atoms with Crippen molar-refractivity contribution in [1.29, 1.82) is 0 Å². The minimum Gasteiger partial charge on any atom is -0.496 e. The molecule has 0 aliphatic heterocycles. The third-order valence-corrected chi connectivity index (χ3v) is 2.57. The van der Waals surface area contributed by atoms with Crippen molar-refractivity contribution in [3.8, 4) is 5.75 Å². The second-order valence-corrected chi connectivity index (χ2v) is 3.41. The van der Waals surface area contributed by atoms with Crippen LogP contribution >= 0.6 is 0 Å². The Hall–Kier alpha value is -1.84. The van der Waals surface area contributed by atoms with E-state index < -0.39 is 11.8 Å². The van der Waals surface area contributed by atoms with Crippen molar-refractivity contribution < 1.29 is 19.4 Å². The highest BCUT2D eigenvalue weighted by Gasteiger charge is 2.19. The molecule has 0 saturated carbocycles. The van der Waals surface area contributed by atoms with Crippen LogP contribution in [0.3, 0.4) is 0 Å². The summed E-state index contributed by atoms with van der Waals surface area (Å²) in [6, 6.07) is 3.12. The molecule has 1 rings (SSSR count). The van der Waals surface area contributed by atoms with Crippen molar-refractivity contribution in [1.82, 2.24) is 0 Å². The number of ether oxygens (including phenoxy) is 1. The Labute approximate surface area is 93.9 Å². The molecule has 0 spiro atoms. The fourth-order valence-electron chi connectivity index (χ4n) is 1.72. The highest BCUT2D eigenvalue weighted by Crippen LogP contribution is 2.25. The molecule has 1 aromatic rings. The quantitative estimate of drug-likeness (QED) is 0.623. The Morgan fingerprint density at radius 3 is 2.44 bits per heavy atom. The van der Waals surface area contributed by atoms with Crippen LogP contribution in [0.4, 0.5) is 0 Å². The van der Waals surface area contributed by atoms with Gasteiger partial charge in [0.05, 0.1) is 7.11 Å². The van der Waals surface area contributed by atoms with Gasteiger partial charge in [-0.1, -0.05) is 6.92 Å². The normalized spacial score (nSPS) is 9.94. The molecule has 0 unspecified atom stereocenters. The number of carbonyl (C=O) groups is 2. The Balaban J connectivity index is 3.34. The Bertz CT molecular complexity index is 435. The molecule has 0 aliphatic rings. The van der Waals surface area contributed by atoms with Gasteiger partial charge in [0, 0.05) is 5.56 Å². The minimum absolute atomic E-state index is 0.227. The molecule has 0 saturated heterocycles. The van der Waals surface area contributed by atoms with E-state index in [-0.39, 0.29) is 5.56 Å². The van der Waals surface area contributed by atoms with Crippen LogP contribution in [0, 0.1) is 6.92 Å². The molecule has 0 bridgehead atoms. The number of benzene rings is 1. The van der Waals surface area contributed by atoms with E-state index in [0.717, 1.165) is 5.56 Å². The SMILES string of the molecule is CCc1c(OC)ccc(C(=O)C(=O)O)c1C. The zero-order valence-electron chi connectivity index (χ0n) is 9.53. The fourth-order valence-corrected chi connectivity index (χ4v) is 1.72. The van der Waals surface area contributed by atoms with Crippen LogP contribution in [0.5, 0.6) is 5.75 Å². The van der Waals surface area contributed by atoms with Crippen molar-refractivity contribution in [2.45, 2.75) is 20.3 Å². The summed E-state index contributed by atoms with van der Waals surface area (Å²) in [5.74, 6) is -1.63. The summed E-state index contributed by atoms with van der Waals surface area (Å²) in [7, 11) is 1.55. The monoisotopic (exact) mass is 222 g/mol. The van der Waals surface area contributed by atoms with Gasteiger partial charge in [0.2, 0.25) is 0 Å². The van der Waals surface area contributed by atoms with Gasteiger partial charge in [0.15, 0.2) is 0 Å². The summed E-state index contributed by atoms with van der Waals surface area (Å²) >= 11 is 0. The largest absolute Gasteiger partial charge is 0.496 e. The number of carboxylic acids is 1. The number of aliphatic carboxylic acids is 1. The highest BCUT2D eigenvalue weighted by molar-refractivity contribution is 6.40. The van der Waals surface area contributed by atoms with E-state index in [1.807, 2.05) is 6.92 Å². The van der Waals surface area contributed by atoms with Crippen molar-refractivity contribution in [2.75, 3.05) is 7.11 Å². The molecule has 0 heterocycles. The third kappa shape index (κ3) is 2.05. The first-order chi connectivity index (χ1) is 7.52. The van der Waals surface area contributed by atoms with Crippen LogP contribution in [-0.2, 0) is 11.2 Å². The molecule has 0 aliphatic carbocycles. The van der Waals surface area contributed by atoms with Gasteiger partial charge in [-0.2, -0.15) is 0 Å². The van der Waals surface area contributed by atoms with Gasteiger partial charge in [-0.05, 0) is 36.6 Å². The van der Waals surface area contributed by atoms with E-state index >= 15 is 0 Å². The minimum atomic E-state index is -1.43. The average molecular weight is 222 g/mol. The molecule has 4 nitrogen and oxygen atoms in total. The molecule has 0 atom stereocenters. The predicted octanol–water partition coefficient (Wildman–Crippen LogP) is 1.83. The van der Waals surface area contributed by atoms with E-state index in [4.69, 9.17) is 9.84 Å². The van der Waals surface area contributed by atoms with Crippen LogP contribution in [0.25, 0.3) is 0 Å². The highest BCUT2D eigenvalue weighted by atomic mass is 16.5. The molecule has 4 heteroatoms. The van der Waals surface area contributed by atoms with Crippen molar-refractivity contribution in [2.24, 2.45) is 0 Å². The summed E-state index contributed by atoms with van der Waals surface area (Å²) in [4.78, 5) is 22.0. The third-order valence-electron chi connectivity index (χ3n) is 2.57. The molecule has 0 radical (unpaired) electrons. The molecule has 1 aromatic carbocycles. The molecule has 0 amide bonds. The van der Waals surface area contributed by atoms with Gasteiger partial charge in [-0.15, -0.1) is 0 Å². The summed E-state index contributed by atoms with van der Waals surface area (Å²) in [5.41, 5.74) is 1.77. The number of Topliss-reactive ketones (excluding diaryl/α,β-unsaturated/α-hetero) is 1. The summed E-state index contributed by atoms with van der Waals surface area (Å²) < 4.78 is 5.15. The standard InChI is InChI=1S/C12H14O4/c1-4-8-7(2)9(11(13)12(14)15)5-6-10(8)16-3/h5-6H,4H2,1-3H3,(H,14,15). The van der Waals surface area contributed by atoms with Crippen LogP contribution in [0.1, 0.15) is 28.4 Å². The van der Waals surface area contributed by atoms with E-state index in [0.29, 0.717) is 17.7 Å². The van der Waals surface area contributed by atoms with Gasteiger partial charge in [0.1, 0.15) is 5.75 Å². The lowest BCUT2D eigenvalue weighted by Crippen LogP contribution is -2.15. The van der Waals surface area contributed by atoms with Gasteiger partial charge >= 0.3 is 5.97 Å². The number of carboxylic acid groups (broad SMARTS) is 1. The number of carbonyl (C=O) groups excluding carboxylic acids is 1. The van der Waals surface area contributed by atoms with Crippen LogP contribution in [0.15, 0.2) is 12.1 Å². The fraction of sp³-hybridized carbons (Fsp3) is 0.333. The number of ketones is 1. The number of rotatable bonds is 4. The number of methoxy groups -OCH3 is 1. The molecular weight excluding hydrogens is 208 g/mol. The van der Waals surface area contributed by atoms with Crippen molar-refractivity contribution in [3.05, 3.63) is 28.8 Å². The van der Waals surface area contributed by atoms with Gasteiger partial charge < -0.3 is 9.84 Å². The van der Waals surface area contributed by atoms with Gasteiger partial charge in [-0.3, -0.25) is 4.79 Å². The summed E-state index contributed by atoms with van der Waals surface area (Å²) in [6.45, 7) is 3.66. The Morgan fingerprint density at radius 2 is 2.00 bits per heavy atom. The first-order valence-corrected chi connectivity index (χ1v) is 4.97. The average Bonchev–Trinajstić information content (AvgIpc) is 2.27. The van der Waals surface area contributed by atoms with Crippen molar-refractivity contribution in [3.63, 3.8) is 0 Å². The maximum absolute atomic E-state index is 11.4. The molecule has 1 N–H and O–H groups in total. The second kappa shape index (κ2) is 4.79. The van der Waals surface area contributed by atoms with E-state index in [1.54, 1.807) is 20.1 Å². The van der Waals surface area contributed by atoms with Crippen molar-refractivity contribution >= 4 is 11.8 Å². The Morgan fingerprint density at radius 1 is 1.38 bits per heavy atom. The topological polar surface area (TPSA) is 63.6 Å². The predicted molar refractivity (Wildman–Crippen MR) is 59.1 cm³/mol. The summed E-state index contributed by atoms with van der Waals surface area (Å²) in [5, 5.41) is 8.67. The number of hydrogen-bond donors (Lipinski definition) is 1. The number of hydrogen-bond acceptors (Lipinski definition) is 3. The maximum Gasteiger partial charge on any atom is 0.377 e. The molecule has 0 fully saturated rings. The molecular formula is C12H14O4. The van der Waals surface area contributed by atoms with E-state index in [1.165, 1.54) is 6.07 Å². The molecule has 86 valence electrons. The summed E-state index contributed by atoms with van der Waals surface area (Å²) in [6.07, 6.45) is 0.690. The van der Waals surface area contributed by atoms with Gasteiger partial charge in [-0.25, -0.2) is 4.79 Å². The molecule has 0 aromatic heterocycles. The van der Waals surface area contributed by atoms with Gasteiger partial charge in [0.25, 0.3) is 5.78 Å². The van der Waals surface area contributed by atoms with E-state index in [2.05, 4.69) is 0 Å². The first-order valence-electron chi connectivity index (χ1n) is 4.97. The lowest BCUT2D eigenvalue weighted by atomic mass is 9.97. The van der Waals surface area contributed by atoms with Crippen LogP contribution in [0.2, 0.25) is 0 Å². The maximum atomic E-state index is 11.4. The Kier molecular flexibility index (Phi) is 3.66. The lowest BCUT2D eigenvalue weighted by molar-refractivity contribution is -0.131. The second-order valence-electron chi connectivity index (χ2n) is 3.41. The lowest BCUT2D eigenvalue weighted by Gasteiger charge is -2.12. The van der Waals surface area contributed by atoms with E-state index in [9.17, 15) is 9.59 Å². The zero-order chi connectivity index (χ0) is 12.3. The van der Waals surface area contributed by atoms with Crippen LogP contribution in [-0.4, -0.2) is 24.0 Å². The zero-order valence-corrected chi connectivity index (χ0v) is 9.53.